The number of halogens is 1. The van der Waals surface area contributed by atoms with Crippen molar-refractivity contribution in [3.05, 3.63) is 28.2 Å². The fourth-order valence-electron chi connectivity index (χ4n) is 1.09. The summed E-state index contributed by atoms with van der Waals surface area (Å²) in [5.41, 5.74) is 0. The fraction of sp³-hybridized carbons (Fsp3) is 0.250. The number of nitrogens with zero attached hydrogens (tertiary/aromatic N) is 4. The zero-order chi connectivity index (χ0) is 11.4. The van der Waals surface area contributed by atoms with Crippen LogP contribution in [0.5, 0.6) is 0 Å². The van der Waals surface area contributed by atoms with Crippen LogP contribution in [0, 0.1) is 0 Å². The molecule has 0 fully saturated rings. The highest BCUT2D eigenvalue weighted by Gasteiger charge is 2.10. The van der Waals surface area contributed by atoms with E-state index in [1.165, 1.54) is 0 Å². The summed E-state index contributed by atoms with van der Waals surface area (Å²) in [6.07, 6.45) is 5.20. The van der Waals surface area contributed by atoms with Crippen molar-refractivity contribution < 1.29 is 4.79 Å². The molecule has 16 heavy (non-hydrogen) atoms. The molecule has 0 radical (unpaired) electrons. The van der Waals surface area contributed by atoms with Gasteiger partial charge in [-0.05, 0) is 11.6 Å². The number of hydrogen-bond acceptors (Lipinski definition) is 5. The van der Waals surface area contributed by atoms with Gasteiger partial charge in [0.2, 0.25) is 9.47 Å². The lowest BCUT2D eigenvalue weighted by atomic mass is 10.5. The van der Waals surface area contributed by atoms with Crippen LogP contribution in [0.4, 0.5) is 0 Å². The van der Waals surface area contributed by atoms with Crippen LogP contribution in [0.3, 0.4) is 0 Å². The van der Waals surface area contributed by atoms with Crippen molar-refractivity contribution in [1.29, 1.82) is 0 Å². The van der Waals surface area contributed by atoms with E-state index in [1.54, 1.807) is 12.5 Å². The summed E-state index contributed by atoms with van der Waals surface area (Å²) in [6.45, 7) is 1.17. The molecule has 0 spiro atoms. The molecule has 2 aromatic rings. The molecule has 1 N–H and O–H groups in total. The van der Waals surface area contributed by atoms with E-state index in [0.717, 1.165) is 11.3 Å². The topological polar surface area (TPSA) is 72.7 Å². The van der Waals surface area contributed by atoms with E-state index in [2.05, 4.69) is 20.5 Å². The Balaban J connectivity index is 1.80. The van der Waals surface area contributed by atoms with Crippen LogP contribution in [0.15, 0.2) is 18.7 Å². The number of amides is 1. The first-order valence-corrected chi connectivity index (χ1v) is 5.68. The van der Waals surface area contributed by atoms with Gasteiger partial charge in [0.05, 0.1) is 6.33 Å². The molecular formula is C8H8ClN5OS. The smallest absolute Gasteiger partial charge is 0.282 e. The SMILES string of the molecule is O=C(NCCn1ccnc1)c1nnc(Cl)s1. The van der Waals surface area contributed by atoms with E-state index in [-0.39, 0.29) is 15.4 Å². The molecule has 0 saturated carbocycles. The first kappa shape index (κ1) is 11.0. The molecule has 0 bridgehead atoms. The molecule has 2 heterocycles. The van der Waals surface area contributed by atoms with Crippen molar-refractivity contribution >= 4 is 28.8 Å². The van der Waals surface area contributed by atoms with Crippen LogP contribution >= 0.6 is 22.9 Å². The van der Waals surface area contributed by atoms with Gasteiger partial charge in [-0.3, -0.25) is 4.79 Å². The Bertz CT molecular complexity index is 468. The highest BCUT2D eigenvalue weighted by Crippen LogP contribution is 2.14. The second kappa shape index (κ2) is 5.04. The zero-order valence-electron chi connectivity index (χ0n) is 8.13. The first-order chi connectivity index (χ1) is 7.75. The van der Waals surface area contributed by atoms with E-state index in [1.807, 2.05) is 10.8 Å². The molecule has 0 aliphatic rings. The van der Waals surface area contributed by atoms with E-state index >= 15 is 0 Å². The van der Waals surface area contributed by atoms with Crippen LogP contribution in [0.25, 0.3) is 0 Å². The summed E-state index contributed by atoms with van der Waals surface area (Å²) in [7, 11) is 0. The lowest BCUT2D eigenvalue weighted by molar-refractivity contribution is 0.0951. The Morgan fingerprint density at radius 1 is 1.56 bits per heavy atom. The summed E-state index contributed by atoms with van der Waals surface area (Å²) in [5, 5.41) is 10.2. The number of carbonyl (C=O) groups excluding carboxylic acids is 1. The van der Waals surface area contributed by atoms with Crippen molar-refractivity contribution in [3.63, 3.8) is 0 Å². The molecule has 6 nitrogen and oxygen atoms in total. The highest BCUT2D eigenvalue weighted by atomic mass is 35.5. The maximum Gasteiger partial charge on any atom is 0.282 e. The molecule has 0 saturated heterocycles. The number of carbonyl (C=O) groups is 1. The Kier molecular flexibility index (Phi) is 3.47. The predicted octanol–water partition coefficient (Wildman–Crippen LogP) is 0.818. The summed E-state index contributed by atoms with van der Waals surface area (Å²) >= 11 is 6.63. The third kappa shape index (κ3) is 2.77. The van der Waals surface area contributed by atoms with Crippen LogP contribution in [0.1, 0.15) is 9.80 Å². The maximum absolute atomic E-state index is 11.5. The first-order valence-electron chi connectivity index (χ1n) is 4.48. The van der Waals surface area contributed by atoms with Gasteiger partial charge in [0.15, 0.2) is 0 Å². The monoisotopic (exact) mass is 257 g/mol. The number of hydrogen-bond donors (Lipinski definition) is 1. The number of aromatic nitrogens is 4. The molecule has 84 valence electrons. The van der Waals surface area contributed by atoms with Gasteiger partial charge in [-0.15, -0.1) is 10.2 Å². The van der Waals surface area contributed by atoms with Gasteiger partial charge in [0.1, 0.15) is 0 Å². The predicted molar refractivity (Wildman–Crippen MR) is 59.5 cm³/mol. The number of imidazole rings is 1. The highest BCUT2D eigenvalue weighted by molar-refractivity contribution is 7.17. The van der Waals surface area contributed by atoms with E-state index in [0.29, 0.717) is 13.1 Å². The quantitative estimate of drug-likeness (QED) is 0.880. The van der Waals surface area contributed by atoms with Gasteiger partial charge >= 0.3 is 0 Å². The standard InChI is InChI=1S/C8H8ClN5OS/c9-8-13-12-7(16-8)6(15)11-2-4-14-3-1-10-5-14/h1,3,5H,2,4H2,(H,11,15). The van der Waals surface area contributed by atoms with E-state index in [9.17, 15) is 4.79 Å². The van der Waals surface area contributed by atoms with Crippen molar-refractivity contribution in [3.8, 4) is 0 Å². The van der Waals surface area contributed by atoms with Gasteiger partial charge in [-0.1, -0.05) is 11.3 Å². The van der Waals surface area contributed by atoms with E-state index < -0.39 is 0 Å². The second-order valence-electron chi connectivity index (χ2n) is 2.92. The average molecular weight is 258 g/mol. The van der Waals surface area contributed by atoms with Crippen LogP contribution < -0.4 is 5.32 Å². The van der Waals surface area contributed by atoms with Gasteiger partial charge < -0.3 is 9.88 Å². The Morgan fingerprint density at radius 2 is 2.44 bits per heavy atom. The van der Waals surface area contributed by atoms with Gasteiger partial charge in [0.25, 0.3) is 5.91 Å². The minimum Gasteiger partial charge on any atom is -0.348 e. The molecule has 0 aliphatic carbocycles. The molecule has 2 rings (SSSR count). The number of rotatable bonds is 4. The Morgan fingerprint density at radius 3 is 3.06 bits per heavy atom. The minimum atomic E-state index is -0.260. The summed E-state index contributed by atoms with van der Waals surface area (Å²) in [4.78, 5) is 15.4. The van der Waals surface area contributed by atoms with Crippen molar-refractivity contribution in [1.82, 2.24) is 25.1 Å². The van der Waals surface area contributed by atoms with Crippen molar-refractivity contribution in [2.75, 3.05) is 6.54 Å². The van der Waals surface area contributed by atoms with Crippen molar-refractivity contribution in [2.24, 2.45) is 0 Å². The van der Waals surface area contributed by atoms with E-state index in [4.69, 9.17) is 11.6 Å². The maximum atomic E-state index is 11.5. The van der Waals surface area contributed by atoms with Gasteiger partial charge in [-0.25, -0.2) is 4.98 Å². The minimum absolute atomic E-state index is 0.260. The molecule has 0 aromatic carbocycles. The third-order valence-electron chi connectivity index (χ3n) is 1.81. The lowest BCUT2D eigenvalue weighted by Crippen LogP contribution is -2.26. The summed E-state index contributed by atoms with van der Waals surface area (Å²) < 4.78 is 2.13. The molecule has 1 amide bonds. The molecular weight excluding hydrogens is 250 g/mol. The lowest BCUT2D eigenvalue weighted by Gasteiger charge is -2.02. The normalized spacial score (nSPS) is 10.3. The van der Waals surface area contributed by atoms with Crippen LogP contribution in [-0.2, 0) is 6.54 Å². The number of nitrogens with one attached hydrogen (secondary N) is 1. The largest absolute Gasteiger partial charge is 0.348 e. The third-order valence-corrected chi connectivity index (χ3v) is 2.83. The van der Waals surface area contributed by atoms with Gasteiger partial charge in [0, 0.05) is 25.5 Å². The molecule has 0 aliphatic heterocycles. The van der Waals surface area contributed by atoms with Crippen molar-refractivity contribution in [2.45, 2.75) is 6.54 Å². The van der Waals surface area contributed by atoms with Crippen LogP contribution in [-0.4, -0.2) is 32.2 Å². The van der Waals surface area contributed by atoms with Crippen LogP contribution in [0.2, 0.25) is 4.47 Å². The molecule has 8 heteroatoms. The Labute approximate surface area is 100 Å². The zero-order valence-corrected chi connectivity index (χ0v) is 9.70. The Hall–Kier alpha value is -1.47. The average Bonchev–Trinajstić information content (AvgIpc) is 2.89. The second-order valence-corrected chi connectivity index (χ2v) is 4.48. The molecule has 0 atom stereocenters. The fourth-order valence-corrected chi connectivity index (χ4v) is 1.83. The summed E-state index contributed by atoms with van der Waals surface area (Å²) in [6, 6.07) is 0. The summed E-state index contributed by atoms with van der Waals surface area (Å²) in [5.74, 6) is -0.260. The molecule has 0 unspecified atom stereocenters. The molecule has 2 aromatic heterocycles. The van der Waals surface area contributed by atoms with Gasteiger partial charge in [-0.2, -0.15) is 0 Å².